The van der Waals surface area contributed by atoms with E-state index in [1.54, 1.807) is 17.5 Å². The quantitative estimate of drug-likeness (QED) is 0.862. The first-order valence-electron chi connectivity index (χ1n) is 6.13. The second-order valence-electron chi connectivity index (χ2n) is 4.97. The summed E-state index contributed by atoms with van der Waals surface area (Å²) in [5, 5.41) is 1.92. The van der Waals surface area contributed by atoms with Gasteiger partial charge in [0.05, 0.1) is 6.20 Å². The summed E-state index contributed by atoms with van der Waals surface area (Å²) in [5.74, 6) is 1.68. The molecule has 0 saturated carbocycles. The third-order valence-electron chi connectivity index (χ3n) is 3.50. The summed E-state index contributed by atoms with van der Waals surface area (Å²) in [7, 11) is 0. The molecule has 4 heteroatoms. The molecule has 16 heavy (non-hydrogen) atoms. The van der Waals surface area contributed by atoms with Crippen molar-refractivity contribution in [2.75, 3.05) is 23.7 Å². The van der Waals surface area contributed by atoms with Gasteiger partial charge in [-0.05, 0) is 31.1 Å². The van der Waals surface area contributed by atoms with Crippen LogP contribution in [0.2, 0.25) is 0 Å². The van der Waals surface area contributed by atoms with Crippen LogP contribution in [0.1, 0.15) is 33.1 Å². The van der Waals surface area contributed by atoms with Crippen molar-refractivity contribution in [1.82, 2.24) is 4.98 Å². The lowest BCUT2D eigenvalue weighted by Crippen LogP contribution is -2.24. The molecule has 2 heterocycles. The fraction of sp³-hybridized carbons (Fsp3) is 0.750. The lowest BCUT2D eigenvalue weighted by atomic mass is 9.89. The van der Waals surface area contributed by atoms with Crippen LogP contribution < -0.4 is 10.6 Å². The van der Waals surface area contributed by atoms with Gasteiger partial charge in [0.15, 0.2) is 5.13 Å². The van der Waals surface area contributed by atoms with E-state index in [2.05, 4.69) is 23.7 Å². The topological polar surface area (TPSA) is 42.2 Å². The molecular formula is C12H21N3S. The first kappa shape index (κ1) is 11.7. The van der Waals surface area contributed by atoms with E-state index in [1.165, 1.54) is 19.3 Å². The molecule has 2 rings (SSSR count). The Kier molecular flexibility index (Phi) is 3.69. The molecule has 0 bridgehead atoms. The molecule has 0 spiro atoms. The van der Waals surface area contributed by atoms with Gasteiger partial charge >= 0.3 is 0 Å². The van der Waals surface area contributed by atoms with Crippen LogP contribution in [0.15, 0.2) is 6.20 Å². The molecule has 0 aromatic carbocycles. The standard InChI is InChI=1S/C12H21N3S/c1-9(2)10-4-3-6-15(7-5-10)12-14-8-11(13)16-12/h8-10H,3-7,13H2,1-2H3. The van der Waals surface area contributed by atoms with Gasteiger partial charge in [0, 0.05) is 13.1 Å². The second kappa shape index (κ2) is 5.04. The Balaban J connectivity index is 1.98. The highest BCUT2D eigenvalue weighted by Gasteiger charge is 2.20. The maximum absolute atomic E-state index is 5.73. The minimum absolute atomic E-state index is 0.807. The number of anilines is 2. The maximum Gasteiger partial charge on any atom is 0.187 e. The highest BCUT2D eigenvalue weighted by molar-refractivity contribution is 7.19. The molecule has 1 unspecified atom stereocenters. The largest absolute Gasteiger partial charge is 0.389 e. The molecule has 1 aliphatic heterocycles. The lowest BCUT2D eigenvalue weighted by molar-refractivity contribution is 0.351. The molecule has 0 aliphatic carbocycles. The van der Waals surface area contributed by atoms with Crippen molar-refractivity contribution in [3.8, 4) is 0 Å². The molecule has 90 valence electrons. The van der Waals surface area contributed by atoms with Crippen molar-refractivity contribution in [2.24, 2.45) is 11.8 Å². The third kappa shape index (κ3) is 2.67. The fourth-order valence-electron chi connectivity index (χ4n) is 2.40. The Bertz CT molecular complexity index is 335. The molecular weight excluding hydrogens is 218 g/mol. The van der Waals surface area contributed by atoms with Gasteiger partial charge in [-0.2, -0.15) is 0 Å². The van der Waals surface area contributed by atoms with E-state index in [-0.39, 0.29) is 0 Å². The number of nitrogens with two attached hydrogens (primary N) is 1. The van der Waals surface area contributed by atoms with Gasteiger partial charge in [0.25, 0.3) is 0 Å². The van der Waals surface area contributed by atoms with Crippen molar-refractivity contribution in [3.63, 3.8) is 0 Å². The third-order valence-corrected chi connectivity index (χ3v) is 4.38. The summed E-state index contributed by atoms with van der Waals surface area (Å²) in [6.07, 6.45) is 5.69. The maximum atomic E-state index is 5.73. The van der Waals surface area contributed by atoms with E-state index in [0.29, 0.717) is 0 Å². The summed E-state index contributed by atoms with van der Waals surface area (Å²) >= 11 is 1.61. The average molecular weight is 239 g/mol. The Labute approximate surface area is 102 Å². The molecule has 1 atom stereocenters. The van der Waals surface area contributed by atoms with Crippen molar-refractivity contribution < 1.29 is 0 Å². The predicted molar refractivity (Wildman–Crippen MR) is 70.9 cm³/mol. The number of aromatic nitrogens is 1. The van der Waals surface area contributed by atoms with E-state index in [1.807, 2.05) is 0 Å². The van der Waals surface area contributed by atoms with Gasteiger partial charge in [0.1, 0.15) is 5.00 Å². The zero-order valence-corrected chi connectivity index (χ0v) is 11.0. The first-order valence-corrected chi connectivity index (χ1v) is 6.94. The van der Waals surface area contributed by atoms with Gasteiger partial charge in [-0.25, -0.2) is 4.98 Å². The normalized spacial score (nSPS) is 22.4. The monoisotopic (exact) mass is 239 g/mol. The van der Waals surface area contributed by atoms with Crippen LogP contribution in [0.4, 0.5) is 10.1 Å². The summed E-state index contributed by atoms with van der Waals surface area (Å²) in [4.78, 5) is 6.76. The Morgan fingerprint density at radius 3 is 2.88 bits per heavy atom. The van der Waals surface area contributed by atoms with Crippen LogP contribution in [-0.2, 0) is 0 Å². The number of hydrogen-bond acceptors (Lipinski definition) is 4. The van der Waals surface area contributed by atoms with E-state index in [0.717, 1.165) is 35.1 Å². The van der Waals surface area contributed by atoms with Crippen LogP contribution in [0.25, 0.3) is 0 Å². The van der Waals surface area contributed by atoms with Crippen LogP contribution in [-0.4, -0.2) is 18.1 Å². The Hall–Kier alpha value is -0.770. The van der Waals surface area contributed by atoms with E-state index >= 15 is 0 Å². The van der Waals surface area contributed by atoms with Gasteiger partial charge < -0.3 is 10.6 Å². The van der Waals surface area contributed by atoms with Crippen LogP contribution in [0.5, 0.6) is 0 Å². The lowest BCUT2D eigenvalue weighted by Gasteiger charge is -2.20. The number of hydrogen-bond donors (Lipinski definition) is 1. The summed E-state index contributed by atoms with van der Waals surface area (Å²) in [6.45, 7) is 6.94. The average Bonchev–Trinajstić information content (AvgIpc) is 2.54. The van der Waals surface area contributed by atoms with E-state index < -0.39 is 0 Å². The van der Waals surface area contributed by atoms with Crippen LogP contribution in [0, 0.1) is 11.8 Å². The number of rotatable bonds is 2. The van der Waals surface area contributed by atoms with Gasteiger partial charge in [-0.3, -0.25) is 0 Å². The zero-order valence-electron chi connectivity index (χ0n) is 10.1. The van der Waals surface area contributed by atoms with Crippen molar-refractivity contribution in [1.29, 1.82) is 0 Å². The molecule has 3 nitrogen and oxygen atoms in total. The van der Waals surface area contributed by atoms with Gasteiger partial charge in [-0.1, -0.05) is 25.2 Å². The number of nitrogens with zero attached hydrogens (tertiary/aromatic N) is 2. The number of thiazole rings is 1. The summed E-state index contributed by atoms with van der Waals surface area (Å²) < 4.78 is 0. The molecule has 1 saturated heterocycles. The molecule has 1 aromatic rings. The molecule has 0 amide bonds. The van der Waals surface area contributed by atoms with Crippen molar-refractivity contribution in [2.45, 2.75) is 33.1 Å². The highest BCUT2D eigenvalue weighted by Crippen LogP contribution is 2.30. The highest BCUT2D eigenvalue weighted by atomic mass is 32.1. The first-order chi connectivity index (χ1) is 7.66. The molecule has 2 N–H and O–H groups in total. The molecule has 0 radical (unpaired) electrons. The SMILES string of the molecule is CC(C)C1CCCN(c2ncc(N)s2)CC1. The molecule has 1 fully saturated rings. The zero-order chi connectivity index (χ0) is 11.5. The van der Waals surface area contributed by atoms with E-state index in [9.17, 15) is 0 Å². The van der Waals surface area contributed by atoms with Gasteiger partial charge in [-0.15, -0.1) is 0 Å². The van der Waals surface area contributed by atoms with Gasteiger partial charge in [0.2, 0.25) is 0 Å². The van der Waals surface area contributed by atoms with Crippen LogP contribution >= 0.6 is 11.3 Å². The minimum atomic E-state index is 0.807. The summed E-state index contributed by atoms with van der Waals surface area (Å²) in [5.41, 5.74) is 5.73. The smallest absolute Gasteiger partial charge is 0.187 e. The second-order valence-corrected chi connectivity index (χ2v) is 6.01. The minimum Gasteiger partial charge on any atom is -0.389 e. The predicted octanol–water partition coefficient (Wildman–Crippen LogP) is 2.99. The Morgan fingerprint density at radius 1 is 1.44 bits per heavy atom. The molecule has 1 aliphatic rings. The Morgan fingerprint density at radius 2 is 2.25 bits per heavy atom. The van der Waals surface area contributed by atoms with E-state index in [4.69, 9.17) is 5.73 Å². The van der Waals surface area contributed by atoms with Crippen molar-refractivity contribution >= 4 is 21.5 Å². The summed E-state index contributed by atoms with van der Waals surface area (Å²) in [6, 6.07) is 0. The number of nitrogen functional groups attached to an aromatic ring is 1. The molecule has 1 aromatic heterocycles. The fourth-order valence-corrected chi connectivity index (χ4v) is 3.14. The van der Waals surface area contributed by atoms with Crippen molar-refractivity contribution in [3.05, 3.63) is 6.20 Å². The van der Waals surface area contributed by atoms with Crippen LogP contribution in [0.3, 0.4) is 0 Å².